The minimum atomic E-state index is -0.456. The van der Waals surface area contributed by atoms with Crippen molar-refractivity contribution in [1.82, 2.24) is 4.90 Å². The normalized spacial score (nSPS) is 16.4. The minimum absolute atomic E-state index is 0. The summed E-state index contributed by atoms with van der Waals surface area (Å²) in [7, 11) is 1.59. The van der Waals surface area contributed by atoms with Crippen molar-refractivity contribution in [2.75, 3.05) is 32.1 Å². The largest absolute Gasteiger partial charge is 0.367 e. The summed E-state index contributed by atoms with van der Waals surface area (Å²) < 4.78 is 5.37. The first-order chi connectivity index (χ1) is 10.2. The van der Waals surface area contributed by atoms with Gasteiger partial charge < -0.3 is 15.0 Å². The van der Waals surface area contributed by atoms with Gasteiger partial charge in [0.25, 0.3) is 5.91 Å². The van der Waals surface area contributed by atoms with Gasteiger partial charge in [-0.2, -0.15) is 0 Å². The molecule has 1 aromatic carbocycles. The smallest absolute Gasteiger partial charge is 0.258 e. The van der Waals surface area contributed by atoms with E-state index in [1.54, 1.807) is 7.11 Å². The molecule has 2 rings (SSSR count). The number of rotatable bonds is 8. The molecule has 1 aliphatic heterocycles. The van der Waals surface area contributed by atoms with Crippen LogP contribution in [0.2, 0.25) is 0 Å². The van der Waals surface area contributed by atoms with Crippen molar-refractivity contribution in [2.45, 2.75) is 39.2 Å². The first kappa shape index (κ1) is 18.9. The number of nitrogens with one attached hydrogen (secondary N) is 1. The highest BCUT2D eigenvalue weighted by molar-refractivity contribution is 6.02. The zero-order chi connectivity index (χ0) is 15.2. The van der Waals surface area contributed by atoms with Gasteiger partial charge in [-0.1, -0.05) is 26.0 Å². The number of halogens is 1. The topological polar surface area (TPSA) is 41.6 Å². The van der Waals surface area contributed by atoms with Crippen LogP contribution < -0.4 is 5.32 Å². The molecule has 1 heterocycles. The number of fused-ring (bicyclic) bond motifs is 1. The Balaban J connectivity index is 0.00000242. The lowest BCUT2D eigenvalue weighted by Crippen LogP contribution is -2.28. The highest BCUT2D eigenvalue weighted by atomic mass is 35.5. The maximum absolute atomic E-state index is 11.9. The molecule has 0 aliphatic carbocycles. The maximum Gasteiger partial charge on any atom is 0.258 e. The molecule has 0 fully saturated rings. The van der Waals surface area contributed by atoms with Crippen molar-refractivity contribution in [3.63, 3.8) is 0 Å². The summed E-state index contributed by atoms with van der Waals surface area (Å²) in [5.41, 5.74) is 3.15. The van der Waals surface area contributed by atoms with Gasteiger partial charge in [0, 0.05) is 24.9 Å². The number of ether oxygens (including phenoxy) is 1. The quantitative estimate of drug-likeness (QED) is 0.796. The summed E-state index contributed by atoms with van der Waals surface area (Å²) in [6, 6.07) is 6.07. The van der Waals surface area contributed by atoms with Gasteiger partial charge in [-0.05, 0) is 44.0 Å². The Labute approximate surface area is 139 Å². The lowest BCUT2D eigenvalue weighted by molar-refractivity contribution is -0.125. The molecule has 0 saturated carbocycles. The van der Waals surface area contributed by atoms with E-state index in [9.17, 15) is 4.79 Å². The lowest BCUT2D eigenvalue weighted by atomic mass is 10.00. The van der Waals surface area contributed by atoms with Gasteiger partial charge in [0.05, 0.1) is 0 Å². The Kier molecular flexibility index (Phi) is 7.87. The van der Waals surface area contributed by atoms with Crippen LogP contribution in [0.4, 0.5) is 5.69 Å². The molecule has 1 atom stereocenters. The van der Waals surface area contributed by atoms with Crippen LogP contribution in [0.25, 0.3) is 0 Å². The van der Waals surface area contributed by atoms with E-state index < -0.39 is 6.10 Å². The van der Waals surface area contributed by atoms with Crippen molar-refractivity contribution in [2.24, 2.45) is 0 Å². The van der Waals surface area contributed by atoms with Crippen LogP contribution in [0.1, 0.15) is 43.9 Å². The van der Waals surface area contributed by atoms with Crippen LogP contribution in [0.15, 0.2) is 18.2 Å². The second kappa shape index (κ2) is 9.13. The Bertz CT molecular complexity index is 488. The summed E-state index contributed by atoms with van der Waals surface area (Å²) in [5.74, 6) is -0.0566. The van der Waals surface area contributed by atoms with Gasteiger partial charge in [0.15, 0.2) is 6.10 Å². The van der Waals surface area contributed by atoms with Crippen molar-refractivity contribution in [3.05, 3.63) is 29.3 Å². The number of hydrogen-bond acceptors (Lipinski definition) is 3. The summed E-state index contributed by atoms with van der Waals surface area (Å²) in [6.07, 6.45) is 2.85. The zero-order valence-corrected chi connectivity index (χ0v) is 14.5. The van der Waals surface area contributed by atoms with E-state index in [1.807, 2.05) is 12.1 Å². The number of anilines is 1. The molecule has 0 bridgehead atoms. The second-order valence-electron chi connectivity index (χ2n) is 5.58. The summed E-state index contributed by atoms with van der Waals surface area (Å²) in [5, 5.41) is 2.90. The highest BCUT2D eigenvalue weighted by Crippen LogP contribution is 2.35. The van der Waals surface area contributed by atoms with E-state index in [4.69, 9.17) is 4.74 Å². The molecular weight excluding hydrogens is 300 g/mol. The number of hydrogen-bond donors (Lipinski definition) is 1. The fraction of sp³-hybridized carbons (Fsp3) is 0.588. The number of carbonyl (C=O) groups is 1. The molecule has 0 aromatic heterocycles. The van der Waals surface area contributed by atoms with Gasteiger partial charge in [-0.25, -0.2) is 0 Å². The van der Waals surface area contributed by atoms with Gasteiger partial charge in [0.2, 0.25) is 0 Å². The molecule has 5 heteroatoms. The molecule has 0 spiro atoms. The number of nitrogens with zero attached hydrogens (tertiary/aromatic N) is 1. The summed E-state index contributed by atoms with van der Waals surface area (Å²) in [4.78, 5) is 14.4. The molecule has 1 aromatic rings. The van der Waals surface area contributed by atoms with Gasteiger partial charge >= 0.3 is 0 Å². The van der Waals surface area contributed by atoms with Gasteiger partial charge in [0.1, 0.15) is 0 Å². The molecular formula is C17H27ClN2O2. The van der Waals surface area contributed by atoms with Crippen LogP contribution >= 0.6 is 12.4 Å². The van der Waals surface area contributed by atoms with Crippen molar-refractivity contribution in [1.29, 1.82) is 0 Å². The molecule has 0 saturated heterocycles. The number of carbonyl (C=O) groups excluding carboxylic acids is 1. The third kappa shape index (κ3) is 4.22. The van der Waals surface area contributed by atoms with Crippen LogP contribution in [0.3, 0.4) is 0 Å². The average Bonchev–Trinajstić information content (AvgIpc) is 2.81. The standard InChI is InChI=1S/C17H26N2O2.ClH/c1-4-10-19(11-5-2)12-9-13-7-6-8-14-15(13)16(21-3)17(20)18-14;/h6-8,16H,4-5,9-12H2,1-3H3,(H,18,20);1H. The van der Waals surface area contributed by atoms with Crippen LogP contribution in [0.5, 0.6) is 0 Å². The van der Waals surface area contributed by atoms with Crippen LogP contribution in [0, 0.1) is 0 Å². The first-order valence-electron chi connectivity index (χ1n) is 7.89. The van der Waals surface area contributed by atoms with Crippen molar-refractivity contribution in [3.8, 4) is 0 Å². The monoisotopic (exact) mass is 326 g/mol. The lowest BCUT2D eigenvalue weighted by Gasteiger charge is -2.22. The van der Waals surface area contributed by atoms with Crippen molar-refractivity contribution >= 4 is 24.0 Å². The summed E-state index contributed by atoms with van der Waals surface area (Å²) >= 11 is 0. The Morgan fingerprint density at radius 3 is 2.45 bits per heavy atom. The third-order valence-electron chi connectivity index (χ3n) is 3.97. The molecule has 1 aliphatic rings. The third-order valence-corrected chi connectivity index (χ3v) is 3.97. The highest BCUT2D eigenvalue weighted by Gasteiger charge is 2.32. The number of methoxy groups -OCH3 is 1. The Morgan fingerprint density at radius 1 is 1.18 bits per heavy atom. The van der Waals surface area contributed by atoms with E-state index >= 15 is 0 Å². The molecule has 1 unspecified atom stereocenters. The zero-order valence-electron chi connectivity index (χ0n) is 13.7. The molecule has 1 N–H and O–H groups in total. The van der Waals surface area contributed by atoms with E-state index in [1.165, 1.54) is 18.4 Å². The van der Waals surface area contributed by atoms with E-state index in [0.29, 0.717) is 0 Å². The Hall–Kier alpha value is -1.10. The van der Waals surface area contributed by atoms with Crippen LogP contribution in [-0.2, 0) is 16.0 Å². The van der Waals surface area contributed by atoms with Crippen LogP contribution in [-0.4, -0.2) is 37.6 Å². The fourth-order valence-electron chi connectivity index (χ4n) is 3.05. The predicted octanol–water partition coefficient (Wildman–Crippen LogP) is 3.41. The molecule has 22 heavy (non-hydrogen) atoms. The predicted molar refractivity (Wildman–Crippen MR) is 92.8 cm³/mol. The maximum atomic E-state index is 11.9. The van der Waals surface area contributed by atoms with Crippen molar-refractivity contribution < 1.29 is 9.53 Å². The molecule has 124 valence electrons. The summed E-state index contributed by atoms with van der Waals surface area (Å²) in [6.45, 7) is 7.73. The Morgan fingerprint density at radius 2 is 1.86 bits per heavy atom. The SMILES string of the molecule is CCCN(CCC)CCc1cccc2c1C(OC)C(=O)N2.Cl. The number of amides is 1. The first-order valence-corrected chi connectivity index (χ1v) is 7.89. The number of benzene rings is 1. The second-order valence-corrected chi connectivity index (χ2v) is 5.58. The van der Waals surface area contributed by atoms with Gasteiger partial charge in [-0.3, -0.25) is 4.79 Å². The fourth-order valence-corrected chi connectivity index (χ4v) is 3.05. The molecule has 1 amide bonds. The van der Waals surface area contributed by atoms with Gasteiger partial charge in [-0.15, -0.1) is 12.4 Å². The molecule has 4 nitrogen and oxygen atoms in total. The van der Waals surface area contributed by atoms with E-state index in [0.717, 1.165) is 37.3 Å². The average molecular weight is 327 g/mol. The van der Waals surface area contributed by atoms with E-state index in [2.05, 4.69) is 30.1 Å². The molecule has 0 radical (unpaired) electrons. The van der Waals surface area contributed by atoms with E-state index in [-0.39, 0.29) is 18.3 Å². The minimum Gasteiger partial charge on any atom is -0.367 e.